The SMILES string of the molecule is COC1(c2noc(-c3ccc(N)s3)n2)CCOCC1. The van der Waals surface area contributed by atoms with Crippen molar-refractivity contribution in [2.24, 2.45) is 0 Å². The second-order valence-electron chi connectivity index (χ2n) is 4.44. The number of nitrogens with two attached hydrogens (primary N) is 1. The van der Waals surface area contributed by atoms with Crippen LogP contribution in [0.25, 0.3) is 10.8 Å². The molecule has 102 valence electrons. The lowest BCUT2D eigenvalue weighted by Gasteiger charge is -2.32. The van der Waals surface area contributed by atoms with E-state index in [1.165, 1.54) is 11.3 Å². The van der Waals surface area contributed by atoms with Gasteiger partial charge in [0.2, 0.25) is 5.82 Å². The van der Waals surface area contributed by atoms with Crippen LogP contribution in [0.4, 0.5) is 5.00 Å². The zero-order chi connectivity index (χ0) is 13.3. The first kappa shape index (κ1) is 12.6. The molecule has 1 aliphatic rings. The van der Waals surface area contributed by atoms with E-state index in [-0.39, 0.29) is 0 Å². The number of rotatable bonds is 3. The van der Waals surface area contributed by atoms with Gasteiger partial charge >= 0.3 is 0 Å². The molecule has 0 bridgehead atoms. The monoisotopic (exact) mass is 281 g/mol. The van der Waals surface area contributed by atoms with Crippen molar-refractivity contribution >= 4 is 16.3 Å². The van der Waals surface area contributed by atoms with Crippen LogP contribution >= 0.6 is 11.3 Å². The summed E-state index contributed by atoms with van der Waals surface area (Å²) in [7, 11) is 1.67. The van der Waals surface area contributed by atoms with E-state index in [1.54, 1.807) is 7.11 Å². The Balaban J connectivity index is 1.91. The van der Waals surface area contributed by atoms with Crippen molar-refractivity contribution in [3.05, 3.63) is 18.0 Å². The molecule has 6 nitrogen and oxygen atoms in total. The maximum Gasteiger partial charge on any atom is 0.268 e. The maximum absolute atomic E-state index is 5.71. The van der Waals surface area contributed by atoms with E-state index in [0.29, 0.717) is 24.9 Å². The number of nitrogens with zero attached hydrogens (tertiary/aromatic N) is 2. The van der Waals surface area contributed by atoms with Gasteiger partial charge in [-0.15, -0.1) is 11.3 Å². The molecule has 3 heterocycles. The average molecular weight is 281 g/mol. The number of nitrogen functional groups attached to an aromatic ring is 1. The van der Waals surface area contributed by atoms with Crippen LogP contribution in [-0.4, -0.2) is 30.5 Å². The van der Waals surface area contributed by atoms with Crippen molar-refractivity contribution in [1.29, 1.82) is 0 Å². The Morgan fingerprint density at radius 2 is 2.16 bits per heavy atom. The molecule has 19 heavy (non-hydrogen) atoms. The quantitative estimate of drug-likeness (QED) is 0.926. The van der Waals surface area contributed by atoms with Gasteiger partial charge in [-0.2, -0.15) is 4.98 Å². The Morgan fingerprint density at radius 1 is 1.37 bits per heavy atom. The molecule has 2 aromatic rings. The van der Waals surface area contributed by atoms with E-state index >= 15 is 0 Å². The lowest BCUT2D eigenvalue weighted by molar-refractivity contribution is -0.101. The molecule has 0 unspecified atom stereocenters. The predicted octanol–water partition coefficient (Wildman–Crippen LogP) is 2.03. The van der Waals surface area contributed by atoms with Gasteiger partial charge in [0.05, 0.1) is 9.88 Å². The zero-order valence-corrected chi connectivity index (χ0v) is 11.4. The highest BCUT2D eigenvalue weighted by molar-refractivity contribution is 7.19. The summed E-state index contributed by atoms with van der Waals surface area (Å²) in [6.07, 6.45) is 1.46. The summed E-state index contributed by atoms with van der Waals surface area (Å²) in [6.45, 7) is 1.29. The second-order valence-corrected chi connectivity index (χ2v) is 5.55. The molecule has 0 saturated carbocycles. The average Bonchev–Trinajstić information content (AvgIpc) is 3.08. The molecule has 0 atom stereocenters. The largest absolute Gasteiger partial charge is 0.391 e. The van der Waals surface area contributed by atoms with E-state index < -0.39 is 5.60 Å². The first-order valence-corrected chi connectivity index (χ1v) is 6.88. The number of anilines is 1. The summed E-state index contributed by atoms with van der Waals surface area (Å²) in [5, 5.41) is 4.79. The Labute approximate surface area is 114 Å². The van der Waals surface area contributed by atoms with E-state index in [9.17, 15) is 0 Å². The normalized spacial score (nSPS) is 18.6. The highest BCUT2D eigenvalue weighted by Crippen LogP contribution is 2.35. The minimum atomic E-state index is -0.497. The maximum atomic E-state index is 5.71. The Bertz CT molecular complexity index is 560. The predicted molar refractivity (Wildman–Crippen MR) is 70.8 cm³/mol. The van der Waals surface area contributed by atoms with Crippen LogP contribution < -0.4 is 5.73 Å². The Kier molecular flexibility index (Phi) is 3.26. The summed E-state index contributed by atoms with van der Waals surface area (Å²) in [5.41, 5.74) is 5.21. The van der Waals surface area contributed by atoms with Crippen LogP contribution in [0.15, 0.2) is 16.7 Å². The summed E-state index contributed by atoms with van der Waals surface area (Å²) in [5.74, 6) is 1.07. The van der Waals surface area contributed by atoms with Gasteiger partial charge in [0, 0.05) is 33.2 Å². The highest BCUT2D eigenvalue weighted by Gasteiger charge is 2.39. The molecular weight excluding hydrogens is 266 g/mol. The molecule has 0 radical (unpaired) electrons. The molecule has 0 spiro atoms. The Hall–Kier alpha value is -1.44. The molecule has 1 aliphatic heterocycles. The molecule has 0 aliphatic carbocycles. The zero-order valence-electron chi connectivity index (χ0n) is 10.6. The third-order valence-electron chi connectivity index (χ3n) is 3.36. The molecule has 2 N–H and O–H groups in total. The van der Waals surface area contributed by atoms with E-state index in [4.69, 9.17) is 19.7 Å². The van der Waals surface area contributed by atoms with Crippen LogP contribution in [0.3, 0.4) is 0 Å². The van der Waals surface area contributed by atoms with E-state index in [2.05, 4.69) is 10.1 Å². The van der Waals surface area contributed by atoms with Gasteiger partial charge in [0.1, 0.15) is 5.60 Å². The number of aromatic nitrogens is 2. The minimum Gasteiger partial charge on any atom is -0.391 e. The van der Waals surface area contributed by atoms with Gasteiger partial charge in [0.15, 0.2) is 0 Å². The number of hydrogen-bond donors (Lipinski definition) is 1. The van der Waals surface area contributed by atoms with Crippen molar-refractivity contribution in [2.75, 3.05) is 26.1 Å². The number of methoxy groups -OCH3 is 1. The van der Waals surface area contributed by atoms with Crippen LogP contribution in [-0.2, 0) is 15.1 Å². The fraction of sp³-hybridized carbons (Fsp3) is 0.500. The molecule has 1 saturated heterocycles. The lowest BCUT2D eigenvalue weighted by Crippen LogP contribution is -2.36. The molecule has 0 amide bonds. The van der Waals surface area contributed by atoms with Crippen molar-refractivity contribution in [3.8, 4) is 10.8 Å². The van der Waals surface area contributed by atoms with E-state index in [0.717, 1.165) is 22.7 Å². The van der Waals surface area contributed by atoms with Crippen molar-refractivity contribution in [1.82, 2.24) is 10.1 Å². The van der Waals surface area contributed by atoms with Gasteiger partial charge in [-0.25, -0.2) is 0 Å². The lowest BCUT2D eigenvalue weighted by atomic mass is 9.93. The molecule has 2 aromatic heterocycles. The summed E-state index contributed by atoms with van der Waals surface area (Å²) in [4.78, 5) is 5.33. The van der Waals surface area contributed by atoms with Crippen LogP contribution in [0.5, 0.6) is 0 Å². The van der Waals surface area contributed by atoms with Gasteiger partial charge in [-0.1, -0.05) is 5.16 Å². The topological polar surface area (TPSA) is 83.4 Å². The summed E-state index contributed by atoms with van der Waals surface area (Å²) < 4.78 is 16.3. The van der Waals surface area contributed by atoms with Gasteiger partial charge in [-0.05, 0) is 12.1 Å². The van der Waals surface area contributed by atoms with Gasteiger partial charge < -0.3 is 19.7 Å². The summed E-state index contributed by atoms with van der Waals surface area (Å²) in [6, 6.07) is 3.70. The third-order valence-corrected chi connectivity index (χ3v) is 4.26. The molecule has 1 fully saturated rings. The van der Waals surface area contributed by atoms with Crippen LogP contribution in [0.2, 0.25) is 0 Å². The van der Waals surface area contributed by atoms with Crippen molar-refractivity contribution in [2.45, 2.75) is 18.4 Å². The van der Waals surface area contributed by atoms with E-state index in [1.807, 2.05) is 12.1 Å². The van der Waals surface area contributed by atoms with Crippen LogP contribution in [0.1, 0.15) is 18.7 Å². The Morgan fingerprint density at radius 3 is 2.79 bits per heavy atom. The molecule has 7 heteroatoms. The molecule has 3 rings (SSSR count). The smallest absolute Gasteiger partial charge is 0.268 e. The standard InChI is InChI=1S/C12H15N3O3S/c1-16-12(4-6-17-7-5-12)11-14-10(18-15-11)8-2-3-9(13)19-8/h2-3H,4-7,13H2,1H3. The summed E-state index contributed by atoms with van der Waals surface area (Å²) >= 11 is 1.42. The van der Waals surface area contributed by atoms with Crippen LogP contribution in [0, 0.1) is 0 Å². The highest BCUT2D eigenvalue weighted by atomic mass is 32.1. The third kappa shape index (κ3) is 2.24. The first-order valence-electron chi connectivity index (χ1n) is 6.06. The number of thiophene rings is 1. The number of ether oxygens (including phenoxy) is 2. The van der Waals surface area contributed by atoms with Gasteiger partial charge in [0.25, 0.3) is 5.89 Å². The fourth-order valence-electron chi connectivity index (χ4n) is 2.20. The van der Waals surface area contributed by atoms with Gasteiger partial charge in [-0.3, -0.25) is 0 Å². The number of hydrogen-bond acceptors (Lipinski definition) is 7. The molecular formula is C12H15N3O3S. The first-order chi connectivity index (χ1) is 9.23. The minimum absolute atomic E-state index is 0.486. The molecule has 0 aromatic carbocycles. The second kappa shape index (κ2) is 4.92. The van der Waals surface area contributed by atoms with Crippen molar-refractivity contribution in [3.63, 3.8) is 0 Å². The van der Waals surface area contributed by atoms with Crippen molar-refractivity contribution < 1.29 is 14.0 Å². The fourth-order valence-corrected chi connectivity index (χ4v) is 2.89.